The van der Waals surface area contributed by atoms with Gasteiger partial charge < -0.3 is 14.2 Å². The molecule has 0 atom stereocenters. The standard InChI is InChI=1S/C21H23NO3/c1-21(2)14-25-20(22-21)19(16-7-11-18(24-4)12-8-16)13-15-5-9-17(23-3)10-6-15/h5-13H,14H2,1-4H3. The Labute approximate surface area is 148 Å². The van der Waals surface area contributed by atoms with E-state index in [1.165, 1.54) is 0 Å². The van der Waals surface area contributed by atoms with Crippen molar-refractivity contribution in [2.24, 2.45) is 4.99 Å². The van der Waals surface area contributed by atoms with Crippen LogP contribution in [0.1, 0.15) is 25.0 Å². The molecule has 1 heterocycles. The molecular weight excluding hydrogens is 314 g/mol. The van der Waals surface area contributed by atoms with E-state index in [-0.39, 0.29) is 5.54 Å². The molecule has 0 bridgehead atoms. The van der Waals surface area contributed by atoms with Crippen LogP contribution in [0.5, 0.6) is 11.5 Å². The zero-order valence-corrected chi connectivity index (χ0v) is 15.1. The highest BCUT2D eigenvalue weighted by molar-refractivity contribution is 6.24. The van der Waals surface area contributed by atoms with Crippen LogP contribution in [0.3, 0.4) is 0 Å². The molecule has 25 heavy (non-hydrogen) atoms. The maximum absolute atomic E-state index is 5.88. The molecule has 4 heteroatoms. The van der Waals surface area contributed by atoms with Gasteiger partial charge in [0.1, 0.15) is 18.1 Å². The monoisotopic (exact) mass is 337 g/mol. The first kappa shape index (κ1) is 17.1. The summed E-state index contributed by atoms with van der Waals surface area (Å²) in [4.78, 5) is 4.74. The summed E-state index contributed by atoms with van der Waals surface area (Å²) in [6, 6.07) is 15.8. The zero-order valence-electron chi connectivity index (χ0n) is 15.1. The van der Waals surface area contributed by atoms with Gasteiger partial charge in [-0.2, -0.15) is 0 Å². The molecule has 2 aromatic carbocycles. The Kier molecular flexibility index (Phi) is 4.79. The van der Waals surface area contributed by atoms with Crippen molar-refractivity contribution in [3.05, 3.63) is 59.7 Å². The molecule has 0 aromatic heterocycles. The summed E-state index contributed by atoms with van der Waals surface area (Å²) in [6.45, 7) is 4.72. The number of nitrogens with zero attached hydrogens (tertiary/aromatic N) is 1. The SMILES string of the molecule is COc1ccc(C=C(C2=NC(C)(C)CO2)c2ccc(OC)cc2)cc1. The molecule has 2 aromatic rings. The molecule has 0 aliphatic carbocycles. The fraction of sp³-hybridized carbons (Fsp3) is 0.286. The van der Waals surface area contributed by atoms with Gasteiger partial charge in [0.05, 0.1) is 19.8 Å². The Morgan fingerprint density at radius 2 is 1.52 bits per heavy atom. The van der Waals surface area contributed by atoms with E-state index in [2.05, 4.69) is 19.9 Å². The van der Waals surface area contributed by atoms with E-state index in [0.717, 1.165) is 28.2 Å². The highest BCUT2D eigenvalue weighted by atomic mass is 16.5. The fourth-order valence-electron chi connectivity index (χ4n) is 2.63. The van der Waals surface area contributed by atoms with Crippen LogP contribution >= 0.6 is 0 Å². The number of hydrogen-bond donors (Lipinski definition) is 0. The molecule has 1 aliphatic heterocycles. The van der Waals surface area contributed by atoms with Gasteiger partial charge in [-0.3, -0.25) is 0 Å². The van der Waals surface area contributed by atoms with Crippen LogP contribution in [0, 0.1) is 0 Å². The Morgan fingerprint density at radius 3 is 2.00 bits per heavy atom. The molecule has 0 saturated carbocycles. The Hall–Kier alpha value is -2.75. The van der Waals surface area contributed by atoms with E-state index in [4.69, 9.17) is 19.2 Å². The van der Waals surface area contributed by atoms with Gasteiger partial charge in [-0.1, -0.05) is 24.3 Å². The molecule has 0 saturated heterocycles. The zero-order chi connectivity index (χ0) is 17.9. The summed E-state index contributed by atoms with van der Waals surface area (Å²) in [5, 5.41) is 0. The van der Waals surface area contributed by atoms with Gasteiger partial charge in [-0.05, 0) is 55.3 Å². The van der Waals surface area contributed by atoms with Crippen molar-refractivity contribution >= 4 is 17.5 Å². The summed E-state index contributed by atoms with van der Waals surface area (Å²) in [6.07, 6.45) is 2.08. The maximum atomic E-state index is 5.88. The van der Waals surface area contributed by atoms with Crippen LogP contribution in [-0.2, 0) is 4.74 Å². The van der Waals surface area contributed by atoms with Crippen molar-refractivity contribution in [2.45, 2.75) is 19.4 Å². The number of ether oxygens (including phenoxy) is 3. The molecule has 0 fully saturated rings. The lowest BCUT2D eigenvalue weighted by Crippen LogP contribution is -2.17. The van der Waals surface area contributed by atoms with E-state index in [0.29, 0.717) is 12.5 Å². The van der Waals surface area contributed by atoms with E-state index in [1.807, 2.05) is 48.5 Å². The lowest BCUT2D eigenvalue weighted by atomic mass is 10.0. The lowest BCUT2D eigenvalue weighted by molar-refractivity contribution is 0.281. The summed E-state index contributed by atoms with van der Waals surface area (Å²) in [5.74, 6) is 2.33. The molecule has 0 amide bonds. The van der Waals surface area contributed by atoms with Crippen LogP contribution in [0.2, 0.25) is 0 Å². The van der Waals surface area contributed by atoms with E-state index < -0.39 is 0 Å². The maximum Gasteiger partial charge on any atom is 0.217 e. The van der Waals surface area contributed by atoms with Crippen molar-refractivity contribution in [1.82, 2.24) is 0 Å². The third kappa shape index (κ3) is 4.02. The second-order valence-electron chi connectivity index (χ2n) is 6.58. The first-order valence-corrected chi connectivity index (χ1v) is 8.24. The van der Waals surface area contributed by atoms with Gasteiger partial charge >= 0.3 is 0 Å². The summed E-state index contributed by atoms with van der Waals surface area (Å²) < 4.78 is 16.4. The van der Waals surface area contributed by atoms with Crippen molar-refractivity contribution < 1.29 is 14.2 Å². The summed E-state index contributed by atoms with van der Waals surface area (Å²) >= 11 is 0. The topological polar surface area (TPSA) is 40.0 Å². The largest absolute Gasteiger partial charge is 0.497 e. The highest BCUT2D eigenvalue weighted by Crippen LogP contribution is 2.29. The van der Waals surface area contributed by atoms with Crippen molar-refractivity contribution in [3.63, 3.8) is 0 Å². The summed E-state index contributed by atoms with van der Waals surface area (Å²) in [5.41, 5.74) is 2.84. The Balaban J connectivity index is 2.03. The molecule has 0 unspecified atom stereocenters. The number of benzene rings is 2. The molecule has 0 spiro atoms. The number of hydrogen-bond acceptors (Lipinski definition) is 4. The van der Waals surface area contributed by atoms with E-state index in [9.17, 15) is 0 Å². The van der Waals surface area contributed by atoms with Crippen LogP contribution in [0.25, 0.3) is 11.6 Å². The van der Waals surface area contributed by atoms with Crippen LogP contribution < -0.4 is 9.47 Å². The third-order valence-corrected chi connectivity index (χ3v) is 4.02. The van der Waals surface area contributed by atoms with Gasteiger partial charge in [-0.25, -0.2) is 4.99 Å². The van der Waals surface area contributed by atoms with Gasteiger partial charge in [0.15, 0.2) is 0 Å². The van der Waals surface area contributed by atoms with Crippen LogP contribution in [0.15, 0.2) is 53.5 Å². The third-order valence-electron chi connectivity index (χ3n) is 4.02. The average molecular weight is 337 g/mol. The number of rotatable bonds is 5. The Morgan fingerprint density at radius 1 is 0.960 bits per heavy atom. The van der Waals surface area contributed by atoms with Gasteiger partial charge in [0.25, 0.3) is 0 Å². The van der Waals surface area contributed by atoms with Gasteiger partial charge in [0, 0.05) is 5.57 Å². The fourth-order valence-corrected chi connectivity index (χ4v) is 2.63. The second-order valence-corrected chi connectivity index (χ2v) is 6.58. The predicted molar refractivity (Wildman–Crippen MR) is 101 cm³/mol. The predicted octanol–water partition coefficient (Wildman–Crippen LogP) is 4.45. The number of methoxy groups -OCH3 is 2. The van der Waals surface area contributed by atoms with E-state index >= 15 is 0 Å². The molecule has 1 aliphatic rings. The first-order valence-electron chi connectivity index (χ1n) is 8.24. The molecule has 0 radical (unpaired) electrons. The lowest BCUT2D eigenvalue weighted by Gasteiger charge is -2.09. The highest BCUT2D eigenvalue weighted by Gasteiger charge is 2.28. The first-order chi connectivity index (χ1) is 12.0. The van der Waals surface area contributed by atoms with Crippen molar-refractivity contribution in [3.8, 4) is 11.5 Å². The van der Waals surface area contributed by atoms with Gasteiger partial charge in [-0.15, -0.1) is 0 Å². The molecule has 130 valence electrons. The molecule has 0 N–H and O–H groups in total. The van der Waals surface area contributed by atoms with Crippen molar-refractivity contribution in [1.29, 1.82) is 0 Å². The molecule has 4 nitrogen and oxygen atoms in total. The minimum absolute atomic E-state index is 0.208. The average Bonchev–Trinajstić information content (AvgIpc) is 3.00. The number of aliphatic imine (C=N–C) groups is 1. The Bertz CT molecular complexity index is 787. The van der Waals surface area contributed by atoms with Crippen LogP contribution in [0.4, 0.5) is 0 Å². The smallest absolute Gasteiger partial charge is 0.217 e. The normalized spacial score (nSPS) is 16.2. The van der Waals surface area contributed by atoms with E-state index in [1.54, 1.807) is 14.2 Å². The summed E-state index contributed by atoms with van der Waals surface area (Å²) in [7, 11) is 3.33. The quantitative estimate of drug-likeness (QED) is 0.757. The minimum Gasteiger partial charge on any atom is -0.497 e. The van der Waals surface area contributed by atoms with Crippen LogP contribution in [-0.4, -0.2) is 32.3 Å². The minimum atomic E-state index is -0.208. The molecule has 3 rings (SSSR count). The second kappa shape index (κ2) is 7.01. The van der Waals surface area contributed by atoms with Gasteiger partial charge in [0.2, 0.25) is 5.90 Å². The van der Waals surface area contributed by atoms with Crippen molar-refractivity contribution in [2.75, 3.05) is 20.8 Å². The molecular formula is C21H23NO3.